The number of hydrogen-bond donors (Lipinski definition) is 1. The molecule has 1 fully saturated rings. The first-order valence-corrected chi connectivity index (χ1v) is 8.23. The smallest absolute Gasteiger partial charge is 0.409 e. The van der Waals surface area contributed by atoms with Crippen molar-refractivity contribution in [3.05, 3.63) is 34.6 Å². The Labute approximate surface area is 149 Å². The van der Waals surface area contributed by atoms with Crippen LogP contribution in [0, 0.1) is 5.82 Å². The lowest BCUT2D eigenvalue weighted by Crippen LogP contribution is -2.52. The highest BCUT2D eigenvalue weighted by molar-refractivity contribution is 6.33. The number of carbonyl (C=O) groups is 3. The molecule has 1 aliphatic rings. The Morgan fingerprint density at radius 1 is 1.20 bits per heavy atom. The Morgan fingerprint density at radius 2 is 1.84 bits per heavy atom. The molecule has 1 heterocycles. The van der Waals surface area contributed by atoms with Crippen molar-refractivity contribution >= 4 is 29.5 Å². The van der Waals surface area contributed by atoms with Gasteiger partial charge in [0, 0.05) is 26.2 Å². The predicted molar refractivity (Wildman–Crippen MR) is 88.9 cm³/mol. The number of halogens is 2. The fraction of sp³-hybridized carbons (Fsp3) is 0.438. The summed E-state index contributed by atoms with van der Waals surface area (Å²) in [4.78, 5) is 38.8. The quantitative estimate of drug-likeness (QED) is 0.870. The first-order valence-electron chi connectivity index (χ1n) is 7.85. The van der Waals surface area contributed by atoms with Gasteiger partial charge in [0.1, 0.15) is 5.82 Å². The van der Waals surface area contributed by atoms with E-state index in [9.17, 15) is 18.8 Å². The summed E-state index contributed by atoms with van der Waals surface area (Å²) in [7, 11) is 0. The van der Waals surface area contributed by atoms with Crippen LogP contribution in [0.15, 0.2) is 18.2 Å². The Morgan fingerprint density at radius 3 is 2.44 bits per heavy atom. The van der Waals surface area contributed by atoms with Crippen LogP contribution < -0.4 is 5.32 Å². The molecule has 0 aromatic heterocycles. The first kappa shape index (κ1) is 19.0. The van der Waals surface area contributed by atoms with Gasteiger partial charge in [-0.3, -0.25) is 9.59 Å². The van der Waals surface area contributed by atoms with E-state index in [0.29, 0.717) is 32.8 Å². The molecule has 7 nitrogen and oxygen atoms in total. The zero-order valence-corrected chi connectivity index (χ0v) is 14.5. The number of hydrogen-bond acceptors (Lipinski definition) is 4. The molecule has 1 aromatic carbocycles. The van der Waals surface area contributed by atoms with Crippen molar-refractivity contribution in [2.24, 2.45) is 0 Å². The Balaban J connectivity index is 1.83. The van der Waals surface area contributed by atoms with Crippen LogP contribution in [0.5, 0.6) is 0 Å². The molecule has 9 heteroatoms. The minimum absolute atomic E-state index is 0.0204. The van der Waals surface area contributed by atoms with Gasteiger partial charge in [0.05, 0.1) is 23.7 Å². The summed E-state index contributed by atoms with van der Waals surface area (Å²) in [6.45, 7) is 3.14. The van der Waals surface area contributed by atoms with Crippen molar-refractivity contribution in [1.29, 1.82) is 0 Å². The second kappa shape index (κ2) is 8.66. The van der Waals surface area contributed by atoms with Crippen molar-refractivity contribution < 1.29 is 23.5 Å². The molecule has 0 spiro atoms. The van der Waals surface area contributed by atoms with Crippen LogP contribution in [0.4, 0.5) is 9.18 Å². The number of rotatable bonds is 4. The molecule has 136 valence electrons. The van der Waals surface area contributed by atoms with Gasteiger partial charge >= 0.3 is 6.09 Å². The van der Waals surface area contributed by atoms with Crippen LogP contribution in [0.1, 0.15) is 17.3 Å². The Hall–Kier alpha value is -2.35. The lowest BCUT2D eigenvalue weighted by Gasteiger charge is -2.34. The largest absolute Gasteiger partial charge is 0.450 e. The number of amides is 3. The van der Waals surface area contributed by atoms with E-state index < -0.39 is 17.8 Å². The van der Waals surface area contributed by atoms with Crippen LogP contribution >= 0.6 is 11.6 Å². The lowest BCUT2D eigenvalue weighted by molar-refractivity contribution is -0.131. The molecule has 1 saturated heterocycles. The van der Waals surface area contributed by atoms with Gasteiger partial charge in [0.25, 0.3) is 5.91 Å². The van der Waals surface area contributed by atoms with E-state index in [0.717, 1.165) is 6.07 Å². The molecule has 25 heavy (non-hydrogen) atoms. The molecule has 0 atom stereocenters. The molecule has 1 aliphatic heterocycles. The van der Waals surface area contributed by atoms with Gasteiger partial charge in [-0.2, -0.15) is 0 Å². The SMILES string of the molecule is CCOC(=O)N1CCN(C(=O)CNC(=O)c2c(F)cccc2Cl)CC1. The van der Waals surface area contributed by atoms with Gasteiger partial charge in [-0.05, 0) is 19.1 Å². The van der Waals surface area contributed by atoms with Crippen LogP contribution in [-0.2, 0) is 9.53 Å². The normalized spacial score (nSPS) is 14.2. The molecule has 0 aliphatic carbocycles. The van der Waals surface area contributed by atoms with Crippen molar-refractivity contribution in [2.75, 3.05) is 39.3 Å². The first-order chi connectivity index (χ1) is 11.9. The minimum atomic E-state index is -0.750. The lowest BCUT2D eigenvalue weighted by atomic mass is 10.2. The van der Waals surface area contributed by atoms with Gasteiger partial charge in [0.2, 0.25) is 5.91 Å². The Kier molecular flexibility index (Phi) is 6.58. The monoisotopic (exact) mass is 371 g/mol. The number of carbonyl (C=O) groups excluding carboxylic acids is 3. The van der Waals surface area contributed by atoms with Gasteiger partial charge < -0.3 is 19.9 Å². The highest BCUT2D eigenvalue weighted by Crippen LogP contribution is 2.18. The molecule has 2 rings (SSSR count). The van der Waals surface area contributed by atoms with Gasteiger partial charge in [-0.1, -0.05) is 17.7 Å². The highest BCUT2D eigenvalue weighted by atomic mass is 35.5. The predicted octanol–water partition coefficient (Wildman–Crippen LogP) is 1.51. The summed E-state index contributed by atoms with van der Waals surface area (Å²) >= 11 is 5.81. The number of nitrogens with zero attached hydrogens (tertiary/aromatic N) is 2. The van der Waals surface area contributed by atoms with Crippen molar-refractivity contribution in [2.45, 2.75) is 6.92 Å². The molecule has 1 N–H and O–H groups in total. The third kappa shape index (κ3) is 4.82. The van der Waals surface area contributed by atoms with E-state index in [1.807, 2.05) is 0 Å². The summed E-state index contributed by atoms with van der Waals surface area (Å²) in [5, 5.41) is 2.35. The van der Waals surface area contributed by atoms with Crippen molar-refractivity contribution in [3.8, 4) is 0 Å². The summed E-state index contributed by atoms with van der Waals surface area (Å²) in [5.41, 5.74) is -0.288. The second-order valence-corrected chi connectivity index (χ2v) is 5.75. The van der Waals surface area contributed by atoms with Crippen molar-refractivity contribution in [3.63, 3.8) is 0 Å². The number of ether oxygens (including phenoxy) is 1. The third-order valence-corrected chi connectivity index (χ3v) is 4.06. The topological polar surface area (TPSA) is 79.0 Å². The Bertz CT molecular complexity index is 643. The van der Waals surface area contributed by atoms with E-state index in [1.54, 1.807) is 6.92 Å². The third-order valence-electron chi connectivity index (χ3n) is 3.75. The fourth-order valence-corrected chi connectivity index (χ4v) is 2.67. The summed E-state index contributed by atoms with van der Waals surface area (Å²) < 4.78 is 18.6. The minimum Gasteiger partial charge on any atom is -0.450 e. The van der Waals surface area contributed by atoms with Crippen molar-refractivity contribution in [1.82, 2.24) is 15.1 Å². The number of nitrogens with one attached hydrogen (secondary N) is 1. The molecule has 3 amide bonds. The fourth-order valence-electron chi connectivity index (χ4n) is 2.42. The van der Waals surface area contributed by atoms with Crippen LogP contribution in [-0.4, -0.2) is 67.0 Å². The van der Waals surface area contributed by atoms with E-state index in [-0.39, 0.29) is 23.0 Å². The maximum absolute atomic E-state index is 13.7. The summed E-state index contributed by atoms with van der Waals surface area (Å²) in [6, 6.07) is 3.91. The number of piperazine rings is 1. The number of benzene rings is 1. The molecule has 0 bridgehead atoms. The van der Waals surface area contributed by atoms with E-state index in [1.165, 1.54) is 21.9 Å². The molecule has 0 saturated carbocycles. The van der Waals surface area contributed by atoms with E-state index >= 15 is 0 Å². The maximum atomic E-state index is 13.7. The molecule has 0 unspecified atom stereocenters. The van der Waals surface area contributed by atoms with Gasteiger partial charge in [-0.15, -0.1) is 0 Å². The zero-order valence-electron chi connectivity index (χ0n) is 13.8. The second-order valence-electron chi connectivity index (χ2n) is 5.35. The highest BCUT2D eigenvalue weighted by Gasteiger charge is 2.25. The van der Waals surface area contributed by atoms with Crippen LogP contribution in [0.3, 0.4) is 0 Å². The summed E-state index contributed by atoms with van der Waals surface area (Å²) in [6.07, 6.45) is -0.405. The standard InChI is InChI=1S/C16H19ClFN3O4/c1-2-25-16(24)21-8-6-20(7-9-21)13(22)10-19-15(23)14-11(17)4-3-5-12(14)18/h3-5H,2,6-10H2,1H3,(H,19,23). The van der Waals surface area contributed by atoms with E-state index in [4.69, 9.17) is 16.3 Å². The molecular weight excluding hydrogens is 353 g/mol. The van der Waals surface area contributed by atoms with Gasteiger partial charge in [0.15, 0.2) is 0 Å². The zero-order chi connectivity index (χ0) is 18.4. The molecule has 0 radical (unpaired) electrons. The molecular formula is C16H19ClFN3O4. The maximum Gasteiger partial charge on any atom is 0.409 e. The van der Waals surface area contributed by atoms with Gasteiger partial charge in [-0.25, -0.2) is 9.18 Å². The molecule has 1 aromatic rings. The van der Waals surface area contributed by atoms with Crippen LogP contribution in [0.25, 0.3) is 0 Å². The van der Waals surface area contributed by atoms with Crippen LogP contribution in [0.2, 0.25) is 5.02 Å². The average Bonchev–Trinajstić information content (AvgIpc) is 2.60. The average molecular weight is 372 g/mol. The summed E-state index contributed by atoms with van der Waals surface area (Å²) in [5.74, 6) is -1.81. The van der Waals surface area contributed by atoms with E-state index in [2.05, 4.69) is 5.32 Å².